The fourth-order valence-corrected chi connectivity index (χ4v) is 2.76. The van der Waals surface area contributed by atoms with E-state index in [0.29, 0.717) is 0 Å². The van der Waals surface area contributed by atoms with Crippen LogP contribution in [0, 0.1) is 5.92 Å². The van der Waals surface area contributed by atoms with Crippen LogP contribution in [0.4, 0.5) is 0 Å². The number of rotatable bonds is 6. The molecule has 0 aromatic heterocycles. The summed E-state index contributed by atoms with van der Waals surface area (Å²) in [4.78, 5) is 13.8. The molecule has 98 valence electrons. The molecule has 0 spiro atoms. The topological polar surface area (TPSA) is 20.3 Å². The van der Waals surface area contributed by atoms with E-state index in [1.165, 1.54) is 19.3 Å². The minimum Gasteiger partial charge on any atom is -0.305 e. The third kappa shape index (κ3) is 2.99. The molecule has 2 rings (SSSR count). The Balaban J connectivity index is 2.00. The maximum atomic E-state index is 11.5. The Bertz CT molecular complexity index is 385. The summed E-state index contributed by atoms with van der Waals surface area (Å²) in [7, 11) is 2.13. The summed E-state index contributed by atoms with van der Waals surface area (Å²) in [5.41, 5.74) is 0.722. The lowest BCUT2D eigenvalue weighted by molar-refractivity contribution is -0.112. The second-order valence-corrected chi connectivity index (χ2v) is 5.90. The number of hydrogen-bond donors (Lipinski definition) is 0. The first kappa shape index (κ1) is 13.3. The molecule has 1 aliphatic carbocycles. The van der Waals surface area contributed by atoms with Crippen LogP contribution in [-0.2, 0) is 10.2 Å². The highest BCUT2D eigenvalue weighted by Gasteiger charge is 2.29. The van der Waals surface area contributed by atoms with Gasteiger partial charge in [-0.1, -0.05) is 36.8 Å². The van der Waals surface area contributed by atoms with Crippen molar-refractivity contribution in [1.29, 1.82) is 0 Å². The van der Waals surface area contributed by atoms with E-state index in [9.17, 15) is 4.79 Å². The van der Waals surface area contributed by atoms with Gasteiger partial charge in [-0.2, -0.15) is 0 Å². The quantitative estimate of drug-likeness (QED) is 0.718. The highest BCUT2D eigenvalue weighted by atomic mass is 16.1. The van der Waals surface area contributed by atoms with Crippen molar-refractivity contribution in [2.75, 3.05) is 20.1 Å². The molecule has 0 N–H and O–H groups in total. The van der Waals surface area contributed by atoms with Crippen molar-refractivity contribution in [1.82, 2.24) is 4.90 Å². The number of nitrogens with zero attached hydrogens (tertiary/aromatic N) is 1. The van der Waals surface area contributed by atoms with Crippen LogP contribution in [0.2, 0.25) is 0 Å². The Hall–Kier alpha value is -1.15. The molecule has 18 heavy (non-hydrogen) atoms. The molecule has 2 heteroatoms. The molecule has 2 nitrogen and oxygen atoms in total. The molecule has 1 unspecified atom stereocenters. The summed E-state index contributed by atoms with van der Waals surface area (Å²) in [6.45, 7) is 3.96. The second-order valence-electron chi connectivity index (χ2n) is 5.90. The van der Waals surface area contributed by atoms with E-state index >= 15 is 0 Å². The zero-order chi connectivity index (χ0) is 13.0. The molecular formula is C16H23NO. The van der Waals surface area contributed by atoms with Crippen LogP contribution in [0.25, 0.3) is 0 Å². The monoisotopic (exact) mass is 245 g/mol. The minimum atomic E-state index is -0.389. The van der Waals surface area contributed by atoms with E-state index < -0.39 is 0 Å². The van der Waals surface area contributed by atoms with Crippen LogP contribution in [-0.4, -0.2) is 31.3 Å². The van der Waals surface area contributed by atoms with Gasteiger partial charge in [0.1, 0.15) is 6.29 Å². The van der Waals surface area contributed by atoms with Crippen LogP contribution in [0.3, 0.4) is 0 Å². The van der Waals surface area contributed by atoms with Crippen molar-refractivity contribution in [3.05, 3.63) is 35.9 Å². The Labute approximate surface area is 110 Å². The molecule has 1 atom stereocenters. The largest absolute Gasteiger partial charge is 0.305 e. The molecule has 1 fully saturated rings. The van der Waals surface area contributed by atoms with Gasteiger partial charge in [0, 0.05) is 13.1 Å². The molecule has 0 bridgehead atoms. The molecule has 1 aromatic carbocycles. The van der Waals surface area contributed by atoms with Gasteiger partial charge in [0.2, 0.25) is 0 Å². The molecule has 0 heterocycles. The van der Waals surface area contributed by atoms with Crippen LogP contribution in [0.5, 0.6) is 0 Å². The van der Waals surface area contributed by atoms with E-state index in [0.717, 1.165) is 30.9 Å². The maximum absolute atomic E-state index is 11.5. The second kappa shape index (κ2) is 5.66. The normalized spacial score (nSPS) is 19.3. The third-order valence-corrected chi connectivity index (χ3v) is 4.09. The fourth-order valence-electron chi connectivity index (χ4n) is 2.76. The lowest BCUT2D eigenvalue weighted by Gasteiger charge is -2.34. The standard InChI is InChI=1S/C16H23NO/c1-16(13-18,15-9-4-3-5-10-15)12-17(2)11-14-7-6-8-14/h3-5,9-10,13-14H,6-8,11-12H2,1-2H3. The van der Waals surface area contributed by atoms with E-state index in [4.69, 9.17) is 0 Å². The summed E-state index contributed by atoms with van der Waals surface area (Å²) in [6, 6.07) is 10.1. The number of likely N-dealkylation sites (N-methyl/N-ethyl adjacent to an activating group) is 1. The van der Waals surface area contributed by atoms with Gasteiger partial charge in [-0.15, -0.1) is 0 Å². The van der Waals surface area contributed by atoms with Crippen LogP contribution in [0.15, 0.2) is 30.3 Å². The summed E-state index contributed by atoms with van der Waals surface area (Å²) >= 11 is 0. The fraction of sp³-hybridized carbons (Fsp3) is 0.562. The molecule has 0 radical (unpaired) electrons. The zero-order valence-electron chi connectivity index (χ0n) is 11.4. The van der Waals surface area contributed by atoms with Crippen molar-refractivity contribution in [2.24, 2.45) is 5.92 Å². The smallest absolute Gasteiger partial charge is 0.131 e. The molecule has 0 aliphatic heterocycles. The number of aldehydes is 1. The van der Waals surface area contributed by atoms with Gasteiger partial charge in [-0.3, -0.25) is 0 Å². The highest BCUT2D eigenvalue weighted by molar-refractivity contribution is 5.68. The van der Waals surface area contributed by atoms with E-state index in [1.807, 2.05) is 37.3 Å². The first-order chi connectivity index (χ1) is 8.64. The van der Waals surface area contributed by atoms with E-state index in [2.05, 4.69) is 11.9 Å². The summed E-state index contributed by atoms with van der Waals surface area (Å²) < 4.78 is 0. The van der Waals surface area contributed by atoms with Crippen molar-refractivity contribution >= 4 is 6.29 Å². The minimum absolute atomic E-state index is 0.389. The molecule has 1 saturated carbocycles. The number of benzene rings is 1. The predicted octanol–water partition coefficient (Wildman–Crippen LogP) is 2.88. The van der Waals surface area contributed by atoms with Gasteiger partial charge < -0.3 is 9.69 Å². The summed E-state index contributed by atoms with van der Waals surface area (Å²) in [5.74, 6) is 0.849. The Morgan fingerprint density at radius 2 is 2.00 bits per heavy atom. The molecule has 0 saturated heterocycles. The summed E-state index contributed by atoms with van der Waals surface area (Å²) in [6.07, 6.45) is 5.18. The van der Waals surface area contributed by atoms with Gasteiger partial charge in [0.25, 0.3) is 0 Å². The Morgan fingerprint density at radius 1 is 1.33 bits per heavy atom. The molecule has 0 amide bonds. The van der Waals surface area contributed by atoms with Crippen molar-refractivity contribution in [2.45, 2.75) is 31.6 Å². The van der Waals surface area contributed by atoms with Gasteiger partial charge >= 0.3 is 0 Å². The average Bonchev–Trinajstić information content (AvgIpc) is 2.35. The van der Waals surface area contributed by atoms with E-state index in [-0.39, 0.29) is 5.41 Å². The summed E-state index contributed by atoms with van der Waals surface area (Å²) in [5, 5.41) is 0. The van der Waals surface area contributed by atoms with Crippen LogP contribution >= 0.6 is 0 Å². The predicted molar refractivity (Wildman–Crippen MR) is 74.7 cm³/mol. The SMILES string of the molecule is CN(CC1CCC1)CC(C)(C=O)c1ccccc1. The Kier molecular flexibility index (Phi) is 4.18. The first-order valence-electron chi connectivity index (χ1n) is 6.84. The van der Waals surface area contributed by atoms with Gasteiger partial charge in [-0.25, -0.2) is 0 Å². The van der Waals surface area contributed by atoms with Crippen LogP contribution in [0.1, 0.15) is 31.7 Å². The third-order valence-electron chi connectivity index (χ3n) is 4.09. The van der Waals surface area contributed by atoms with E-state index in [1.54, 1.807) is 0 Å². The lowest BCUT2D eigenvalue weighted by Crippen LogP contribution is -2.41. The number of hydrogen-bond acceptors (Lipinski definition) is 2. The van der Waals surface area contributed by atoms with Gasteiger partial charge in [0.05, 0.1) is 5.41 Å². The maximum Gasteiger partial charge on any atom is 0.131 e. The first-order valence-corrected chi connectivity index (χ1v) is 6.84. The van der Waals surface area contributed by atoms with Crippen molar-refractivity contribution in [3.8, 4) is 0 Å². The molecule has 1 aliphatic rings. The zero-order valence-corrected chi connectivity index (χ0v) is 11.4. The highest BCUT2D eigenvalue weighted by Crippen LogP contribution is 2.28. The average molecular weight is 245 g/mol. The number of carbonyl (C=O) groups is 1. The molecular weight excluding hydrogens is 222 g/mol. The molecule has 1 aromatic rings. The van der Waals surface area contributed by atoms with Crippen molar-refractivity contribution < 1.29 is 4.79 Å². The number of carbonyl (C=O) groups excluding carboxylic acids is 1. The van der Waals surface area contributed by atoms with Gasteiger partial charge in [0.15, 0.2) is 0 Å². The Morgan fingerprint density at radius 3 is 2.50 bits per heavy atom. The van der Waals surface area contributed by atoms with Crippen molar-refractivity contribution in [3.63, 3.8) is 0 Å². The van der Waals surface area contributed by atoms with Crippen LogP contribution < -0.4 is 0 Å². The lowest BCUT2D eigenvalue weighted by atomic mass is 9.82. The van der Waals surface area contributed by atoms with Gasteiger partial charge in [-0.05, 0) is 38.3 Å².